The SMILES string of the molecule is CCC(=O)Nc1c(C)cc(C(=O)N2CCC(N(C)CCc3ccccc3)CC2)cc1OC. The molecule has 3 rings (SSSR count). The molecule has 1 saturated heterocycles. The Balaban J connectivity index is 1.58. The van der Waals surface area contributed by atoms with Crippen molar-refractivity contribution in [1.29, 1.82) is 0 Å². The minimum absolute atomic E-state index is 0.0187. The van der Waals surface area contributed by atoms with Crippen molar-refractivity contribution in [3.8, 4) is 5.75 Å². The fourth-order valence-corrected chi connectivity index (χ4v) is 4.25. The van der Waals surface area contributed by atoms with Gasteiger partial charge in [0.05, 0.1) is 12.8 Å². The predicted molar refractivity (Wildman–Crippen MR) is 128 cm³/mol. The zero-order chi connectivity index (χ0) is 23.1. The molecule has 0 saturated carbocycles. The number of methoxy groups -OCH3 is 1. The topological polar surface area (TPSA) is 61.9 Å². The van der Waals surface area contributed by atoms with Crippen LogP contribution in [0.25, 0.3) is 0 Å². The summed E-state index contributed by atoms with van der Waals surface area (Å²) >= 11 is 0. The van der Waals surface area contributed by atoms with E-state index in [9.17, 15) is 9.59 Å². The number of rotatable bonds is 8. The number of benzene rings is 2. The Hall–Kier alpha value is -2.86. The Bertz CT molecular complexity index is 921. The highest BCUT2D eigenvalue weighted by Gasteiger charge is 2.26. The number of carbonyl (C=O) groups is 2. The van der Waals surface area contributed by atoms with Crippen LogP contribution in [0.15, 0.2) is 42.5 Å². The van der Waals surface area contributed by atoms with Gasteiger partial charge in [0.15, 0.2) is 0 Å². The molecule has 6 heteroatoms. The molecule has 0 bridgehead atoms. The number of hydrogen-bond acceptors (Lipinski definition) is 4. The van der Waals surface area contributed by atoms with Gasteiger partial charge in [-0.2, -0.15) is 0 Å². The van der Waals surface area contributed by atoms with E-state index in [0.717, 1.165) is 44.5 Å². The number of likely N-dealkylation sites (N-methyl/N-ethyl adjacent to an activating group) is 1. The first-order valence-corrected chi connectivity index (χ1v) is 11.4. The van der Waals surface area contributed by atoms with Gasteiger partial charge < -0.3 is 19.9 Å². The van der Waals surface area contributed by atoms with Crippen LogP contribution in [-0.2, 0) is 11.2 Å². The average molecular weight is 438 g/mol. The monoisotopic (exact) mass is 437 g/mol. The van der Waals surface area contributed by atoms with E-state index in [-0.39, 0.29) is 11.8 Å². The Morgan fingerprint density at radius 2 is 1.84 bits per heavy atom. The van der Waals surface area contributed by atoms with E-state index in [1.54, 1.807) is 20.1 Å². The third kappa shape index (κ3) is 5.88. The van der Waals surface area contributed by atoms with Crippen molar-refractivity contribution in [2.24, 2.45) is 0 Å². The van der Waals surface area contributed by atoms with Crippen LogP contribution in [0.4, 0.5) is 5.69 Å². The van der Waals surface area contributed by atoms with E-state index in [1.165, 1.54) is 5.56 Å². The molecular formula is C26H35N3O3. The number of nitrogens with zero attached hydrogens (tertiary/aromatic N) is 2. The number of hydrogen-bond donors (Lipinski definition) is 1. The van der Waals surface area contributed by atoms with Gasteiger partial charge in [0.2, 0.25) is 5.91 Å². The second kappa shape index (κ2) is 11.1. The Kier molecular flexibility index (Phi) is 8.28. The van der Waals surface area contributed by atoms with Crippen LogP contribution in [0.2, 0.25) is 0 Å². The standard InChI is InChI=1S/C26H35N3O3/c1-5-24(30)27-25-19(2)17-21(18-23(25)32-4)26(31)29-15-12-22(13-16-29)28(3)14-11-20-9-7-6-8-10-20/h6-10,17-18,22H,5,11-16H2,1-4H3,(H,27,30). The largest absolute Gasteiger partial charge is 0.495 e. The number of nitrogens with one attached hydrogen (secondary N) is 1. The minimum atomic E-state index is -0.0797. The summed E-state index contributed by atoms with van der Waals surface area (Å²) in [5.41, 5.74) is 3.42. The third-order valence-electron chi connectivity index (χ3n) is 6.32. The molecule has 1 aliphatic heterocycles. The number of amides is 2. The molecule has 0 unspecified atom stereocenters. The number of anilines is 1. The zero-order valence-corrected chi connectivity index (χ0v) is 19.7. The molecule has 6 nitrogen and oxygen atoms in total. The highest BCUT2D eigenvalue weighted by Crippen LogP contribution is 2.31. The lowest BCUT2D eigenvalue weighted by Gasteiger charge is -2.37. The van der Waals surface area contributed by atoms with Crippen LogP contribution < -0.4 is 10.1 Å². The first-order valence-electron chi connectivity index (χ1n) is 11.4. The molecule has 0 aliphatic carbocycles. The number of piperidine rings is 1. The normalized spacial score (nSPS) is 14.5. The number of aryl methyl sites for hydroxylation is 1. The first-order chi connectivity index (χ1) is 15.4. The summed E-state index contributed by atoms with van der Waals surface area (Å²) in [6, 6.07) is 14.6. The van der Waals surface area contributed by atoms with E-state index in [1.807, 2.05) is 24.0 Å². The molecule has 1 N–H and O–H groups in total. The van der Waals surface area contributed by atoms with E-state index in [0.29, 0.717) is 29.5 Å². The fraction of sp³-hybridized carbons (Fsp3) is 0.462. The second-order valence-electron chi connectivity index (χ2n) is 8.51. The van der Waals surface area contributed by atoms with Gasteiger partial charge in [0.1, 0.15) is 5.75 Å². The summed E-state index contributed by atoms with van der Waals surface area (Å²) in [5.74, 6) is 0.458. The fourth-order valence-electron chi connectivity index (χ4n) is 4.25. The highest BCUT2D eigenvalue weighted by atomic mass is 16.5. The molecule has 0 radical (unpaired) electrons. The van der Waals surface area contributed by atoms with Crippen molar-refractivity contribution in [3.05, 3.63) is 59.2 Å². The first kappa shape index (κ1) is 23.8. The van der Waals surface area contributed by atoms with Crippen LogP contribution in [0.1, 0.15) is 47.7 Å². The summed E-state index contributed by atoms with van der Waals surface area (Å²) in [7, 11) is 3.74. The van der Waals surface area contributed by atoms with Crippen molar-refractivity contribution >= 4 is 17.5 Å². The van der Waals surface area contributed by atoms with E-state index in [2.05, 4.69) is 41.5 Å². The maximum absolute atomic E-state index is 13.2. The molecule has 0 atom stereocenters. The van der Waals surface area contributed by atoms with Crippen molar-refractivity contribution in [3.63, 3.8) is 0 Å². The van der Waals surface area contributed by atoms with Crippen LogP contribution >= 0.6 is 0 Å². The number of ether oxygens (including phenoxy) is 1. The molecule has 0 aromatic heterocycles. The van der Waals surface area contributed by atoms with Gasteiger partial charge in [0, 0.05) is 37.7 Å². The molecule has 2 aromatic rings. The molecule has 32 heavy (non-hydrogen) atoms. The molecule has 2 amide bonds. The van der Waals surface area contributed by atoms with Gasteiger partial charge >= 0.3 is 0 Å². The van der Waals surface area contributed by atoms with Gasteiger partial charge in [-0.1, -0.05) is 37.3 Å². The lowest BCUT2D eigenvalue weighted by atomic mass is 10.0. The quantitative estimate of drug-likeness (QED) is 0.675. The smallest absolute Gasteiger partial charge is 0.254 e. The van der Waals surface area contributed by atoms with Crippen molar-refractivity contribution in [2.75, 3.05) is 39.1 Å². The molecule has 0 spiro atoms. The van der Waals surface area contributed by atoms with Crippen molar-refractivity contribution < 1.29 is 14.3 Å². The summed E-state index contributed by atoms with van der Waals surface area (Å²) in [4.78, 5) is 29.4. The molecule has 172 valence electrons. The zero-order valence-electron chi connectivity index (χ0n) is 19.7. The summed E-state index contributed by atoms with van der Waals surface area (Å²) in [6.07, 6.45) is 3.37. The number of likely N-dealkylation sites (tertiary alicyclic amines) is 1. The lowest BCUT2D eigenvalue weighted by molar-refractivity contribution is -0.115. The van der Waals surface area contributed by atoms with Crippen LogP contribution in [0, 0.1) is 6.92 Å². The third-order valence-corrected chi connectivity index (χ3v) is 6.32. The van der Waals surface area contributed by atoms with E-state index in [4.69, 9.17) is 4.74 Å². The van der Waals surface area contributed by atoms with Crippen LogP contribution in [-0.4, -0.2) is 61.4 Å². The van der Waals surface area contributed by atoms with Gasteiger partial charge in [-0.3, -0.25) is 9.59 Å². The van der Waals surface area contributed by atoms with E-state index < -0.39 is 0 Å². The lowest BCUT2D eigenvalue weighted by Crippen LogP contribution is -2.46. The molecule has 1 aliphatic rings. The molecule has 1 heterocycles. The Morgan fingerprint density at radius 1 is 1.16 bits per heavy atom. The maximum Gasteiger partial charge on any atom is 0.254 e. The van der Waals surface area contributed by atoms with E-state index >= 15 is 0 Å². The summed E-state index contributed by atoms with van der Waals surface area (Å²) < 4.78 is 5.47. The number of carbonyl (C=O) groups excluding carboxylic acids is 2. The Morgan fingerprint density at radius 3 is 2.47 bits per heavy atom. The predicted octanol–water partition coefficient (Wildman–Crippen LogP) is 4.13. The van der Waals surface area contributed by atoms with Gasteiger partial charge in [-0.15, -0.1) is 0 Å². The van der Waals surface area contributed by atoms with Crippen LogP contribution in [0.5, 0.6) is 5.75 Å². The summed E-state index contributed by atoms with van der Waals surface area (Å²) in [6.45, 7) is 6.20. The van der Waals surface area contributed by atoms with Crippen molar-refractivity contribution in [1.82, 2.24) is 9.80 Å². The van der Waals surface area contributed by atoms with Gasteiger partial charge in [-0.05, 0) is 56.5 Å². The molecule has 1 fully saturated rings. The van der Waals surface area contributed by atoms with Gasteiger partial charge in [-0.25, -0.2) is 0 Å². The van der Waals surface area contributed by atoms with Crippen LogP contribution in [0.3, 0.4) is 0 Å². The van der Waals surface area contributed by atoms with Crippen molar-refractivity contribution in [2.45, 2.75) is 45.6 Å². The summed E-state index contributed by atoms with van der Waals surface area (Å²) in [5, 5.41) is 2.87. The second-order valence-corrected chi connectivity index (χ2v) is 8.51. The molecular weight excluding hydrogens is 402 g/mol. The Labute approximate surface area is 191 Å². The van der Waals surface area contributed by atoms with Gasteiger partial charge in [0.25, 0.3) is 5.91 Å². The maximum atomic E-state index is 13.2. The molecule has 2 aromatic carbocycles. The minimum Gasteiger partial charge on any atom is -0.495 e. The average Bonchev–Trinajstić information content (AvgIpc) is 2.83. The highest BCUT2D eigenvalue weighted by molar-refractivity contribution is 5.98.